The number of benzene rings is 2. The fourth-order valence-electron chi connectivity index (χ4n) is 1.89. The highest BCUT2D eigenvalue weighted by Gasteiger charge is 2.27. The van der Waals surface area contributed by atoms with Crippen molar-refractivity contribution in [2.45, 2.75) is 12.4 Å². The Morgan fingerprint density at radius 3 is 2.10 bits per heavy atom. The van der Waals surface area contributed by atoms with Gasteiger partial charge in [-0.05, 0) is 29.8 Å². The molecule has 7 heteroatoms. The molecular formula is C14H10F5NO. The molecule has 2 N–H and O–H groups in total. The van der Waals surface area contributed by atoms with Crippen molar-refractivity contribution in [2.24, 2.45) is 0 Å². The van der Waals surface area contributed by atoms with Crippen LogP contribution in [0.3, 0.4) is 0 Å². The van der Waals surface area contributed by atoms with Crippen molar-refractivity contribution in [3.05, 3.63) is 65.2 Å². The van der Waals surface area contributed by atoms with Crippen LogP contribution < -0.4 is 5.32 Å². The smallest absolute Gasteiger partial charge is 0.383 e. The van der Waals surface area contributed by atoms with Crippen LogP contribution in [0.2, 0.25) is 0 Å². The predicted molar refractivity (Wildman–Crippen MR) is 66.5 cm³/mol. The molecule has 2 nitrogen and oxygen atoms in total. The Labute approximate surface area is 116 Å². The zero-order valence-corrected chi connectivity index (χ0v) is 10.5. The SMILES string of the molecule is OC(c1cccc(NC(F)(F)F)c1)c1c(F)cccc1F. The fourth-order valence-corrected chi connectivity index (χ4v) is 1.89. The van der Waals surface area contributed by atoms with Gasteiger partial charge in [-0.2, -0.15) is 13.2 Å². The molecule has 0 bridgehead atoms. The standard InChI is InChI=1S/C14H10F5NO/c15-10-5-2-6-11(16)12(10)13(21)8-3-1-4-9(7-8)20-14(17,18)19/h1-7,13,20-21H. The number of nitrogens with one attached hydrogen (secondary N) is 1. The summed E-state index contributed by atoms with van der Waals surface area (Å²) >= 11 is 0. The monoisotopic (exact) mass is 303 g/mol. The van der Waals surface area contributed by atoms with Crippen LogP contribution in [0.1, 0.15) is 17.2 Å². The molecule has 0 aromatic heterocycles. The number of aliphatic hydroxyl groups is 1. The zero-order chi connectivity index (χ0) is 15.6. The molecule has 2 aromatic rings. The first-order valence-corrected chi connectivity index (χ1v) is 5.85. The van der Waals surface area contributed by atoms with E-state index in [0.717, 1.165) is 30.3 Å². The van der Waals surface area contributed by atoms with E-state index in [9.17, 15) is 27.1 Å². The Balaban J connectivity index is 2.36. The maximum atomic E-state index is 13.6. The number of hydrogen-bond acceptors (Lipinski definition) is 2. The molecule has 0 aliphatic carbocycles. The number of anilines is 1. The van der Waals surface area contributed by atoms with Crippen molar-refractivity contribution in [3.63, 3.8) is 0 Å². The number of rotatable bonds is 3. The largest absolute Gasteiger partial charge is 0.482 e. The van der Waals surface area contributed by atoms with Crippen molar-refractivity contribution in [1.29, 1.82) is 0 Å². The van der Waals surface area contributed by atoms with Gasteiger partial charge in [-0.3, -0.25) is 5.32 Å². The highest BCUT2D eigenvalue weighted by Crippen LogP contribution is 2.29. The van der Waals surface area contributed by atoms with Gasteiger partial charge in [0.25, 0.3) is 0 Å². The molecule has 2 rings (SSSR count). The average Bonchev–Trinajstić information content (AvgIpc) is 2.36. The van der Waals surface area contributed by atoms with Gasteiger partial charge in [-0.25, -0.2) is 8.78 Å². The van der Waals surface area contributed by atoms with E-state index in [1.165, 1.54) is 17.4 Å². The molecule has 1 atom stereocenters. The topological polar surface area (TPSA) is 32.3 Å². The molecule has 0 radical (unpaired) electrons. The van der Waals surface area contributed by atoms with E-state index in [0.29, 0.717) is 0 Å². The number of hydrogen-bond donors (Lipinski definition) is 2. The lowest BCUT2D eigenvalue weighted by Crippen LogP contribution is -2.20. The van der Waals surface area contributed by atoms with Gasteiger partial charge in [0.2, 0.25) is 0 Å². The Hall–Kier alpha value is -2.15. The molecule has 0 aliphatic rings. The minimum atomic E-state index is -4.65. The van der Waals surface area contributed by atoms with Crippen molar-refractivity contribution < 1.29 is 27.1 Å². The van der Waals surface area contributed by atoms with Crippen LogP contribution in [0, 0.1) is 11.6 Å². The van der Waals surface area contributed by atoms with Crippen molar-refractivity contribution in [1.82, 2.24) is 0 Å². The van der Waals surface area contributed by atoms with Gasteiger partial charge < -0.3 is 5.11 Å². The van der Waals surface area contributed by atoms with Gasteiger partial charge in [-0.1, -0.05) is 18.2 Å². The van der Waals surface area contributed by atoms with Gasteiger partial charge in [-0.15, -0.1) is 0 Å². The second-order valence-electron chi connectivity index (χ2n) is 4.29. The minimum Gasteiger partial charge on any atom is -0.383 e. The molecular weight excluding hydrogens is 293 g/mol. The number of halogens is 5. The number of aliphatic hydroxyl groups excluding tert-OH is 1. The third-order valence-corrected chi connectivity index (χ3v) is 2.76. The summed E-state index contributed by atoms with van der Waals surface area (Å²) in [6.45, 7) is 0. The van der Waals surface area contributed by atoms with Gasteiger partial charge in [0.15, 0.2) is 0 Å². The third kappa shape index (κ3) is 3.69. The first-order chi connectivity index (χ1) is 9.78. The van der Waals surface area contributed by atoms with Gasteiger partial charge in [0.05, 0.1) is 5.56 Å². The Kier molecular flexibility index (Phi) is 4.13. The summed E-state index contributed by atoms with van der Waals surface area (Å²) in [6, 6.07) is 7.66. The van der Waals surface area contributed by atoms with Crippen molar-refractivity contribution in [2.75, 3.05) is 5.32 Å². The highest BCUT2D eigenvalue weighted by molar-refractivity contribution is 5.48. The van der Waals surface area contributed by atoms with E-state index in [1.54, 1.807) is 0 Å². The van der Waals surface area contributed by atoms with Gasteiger partial charge >= 0.3 is 6.30 Å². The molecule has 2 aromatic carbocycles. The van der Waals surface area contributed by atoms with E-state index in [2.05, 4.69) is 0 Å². The van der Waals surface area contributed by atoms with Crippen LogP contribution in [0.15, 0.2) is 42.5 Å². The van der Waals surface area contributed by atoms with E-state index in [1.807, 2.05) is 0 Å². The normalized spacial score (nSPS) is 13.0. The summed E-state index contributed by atoms with van der Waals surface area (Å²) in [5.74, 6) is -1.95. The maximum Gasteiger partial charge on any atom is 0.482 e. The Bertz CT molecular complexity index is 621. The van der Waals surface area contributed by atoms with E-state index in [4.69, 9.17) is 0 Å². The van der Waals surface area contributed by atoms with Crippen LogP contribution >= 0.6 is 0 Å². The lowest BCUT2D eigenvalue weighted by Gasteiger charge is -2.15. The summed E-state index contributed by atoms with van der Waals surface area (Å²) < 4.78 is 63.8. The summed E-state index contributed by atoms with van der Waals surface area (Å²) in [6.07, 6.45) is -6.35. The van der Waals surface area contributed by atoms with Crippen LogP contribution in [0.4, 0.5) is 27.6 Å². The van der Waals surface area contributed by atoms with E-state index < -0.39 is 29.6 Å². The second kappa shape index (κ2) is 5.69. The molecule has 0 amide bonds. The number of alkyl halides is 3. The lowest BCUT2D eigenvalue weighted by molar-refractivity contribution is -0.0999. The summed E-state index contributed by atoms with van der Waals surface area (Å²) in [4.78, 5) is 0. The molecule has 0 saturated heterocycles. The summed E-state index contributed by atoms with van der Waals surface area (Å²) in [5.41, 5.74) is -1.01. The van der Waals surface area contributed by atoms with Crippen LogP contribution in [0.5, 0.6) is 0 Å². The molecule has 21 heavy (non-hydrogen) atoms. The summed E-state index contributed by atoms with van der Waals surface area (Å²) in [5, 5.41) is 11.2. The molecule has 0 fully saturated rings. The second-order valence-corrected chi connectivity index (χ2v) is 4.29. The quantitative estimate of drug-likeness (QED) is 0.664. The van der Waals surface area contributed by atoms with Crippen molar-refractivity contribution >= 4 is 5.69 Å². The molecule has 0 aliphatic heterocycles. The van der Waals surface area contributed by atoms with Crippen LogP contribution in [0.25, 0.3) is 0 Å². The van der Waals surface area contributed by atoms with E-state index in [-0.39, 0.29) is 11.3 Å². The molecule has 0 saturated carbocycles. The van der Waals surface area contributed by atoms with Crippen LogP contribution in [-0.4, -0.2) is 11.4 Å². The first kappa shape index (κ1) is 15.2. The maximum absolute atomic E-state index is 13.6. The average molecular weight is 303 g/mol. The van der Waals surface area contributed by atoms with Gasteiger partial charge in [0.1, 0.15) is 17.7 Å². The third-order valence-electron chi connectivity index (χ3n) is 2.76. The van der Waals surface area contributed by atoms with E-state index >= 15 is 0 Å². The molecule has 0 heterocycles. The fraction of sp³-hybridized carbons (Fsp3) is 0.143. The lowest BCUT2D eigenvalue weighted by atomic mass is 10.00. The Morgan fingerprint density at radius 1 is 0.952 bits per heavy atom. The highest BCUT2D eigenvalue weighted by atomic mass is 19.4. The predicted octanol–water partition coefficient (Wildman–Crippen LogP) is 3.98. The zero-order valence-electron chi connectivity index (χ0n) is 10.5. The molecule has 0 spiro atoms. The van der Waals surface area contributed by atoms with Crippen LogP contribution in [-0.2, 0) is 0 Å². The minimum absolute atomic E-state index is 0.0618. The summed E-state index contributed by atoms with van der Waals surface area (Å²) in [7, 11) is 0. The first-order valence-electron chi connectivity index (χ1n) is 5.85. The van der Waals surface area contributed by atoms with Gasteiger partial charge in [0, 0.05) is 5.69 Å². The molecule has 1 unspecified atom stereocenters. The molecule has 112 valence electrons. The Morgan fingerprint density at radius 2 is 1.52 bits per heavy atom. The van der Waals surface area contributed by atoms with Crippen molar-refractivity contribution in [3.8, 4) is 0 Å².